The summed E-state index contributed by atoms with van der Waals surface area (Å²) in [6.07, 6.45) is 6.23. The third-order valence-corrected chi connectivity index (χ3v) is 4.88. The lowest BCUT2D eigenvalue weighted by atomic mass is 9.76. The second kappa shape index (κ2) is 7.42. The molecule has 1 aliphatic carbocycles. The van der Waals surface area contributed by atoms with Crippen molar-refractivity contribution in [3.63, 3.8) is 0 Å². The molecule has 2 nitrogen and oxygen atoms in total. The van der Waals surface area contributed by atoms with Crippen molar-refractivity contribution in [3.8, 4) is 0 Å². The van der Waals surface area contributed by atoms with E-state index >= 15 is 0 Å². The fraction of sp³-hybridized carbons (Fsp3) is 0.684. The normalized spacial score (nSPS) is 19.7. The molecule has 1 atom stereocenters. The number of nitrogens with one attached hydrogen (secondary N) is 1. The highest BCUT2D eigenvalue weighted by Gasteiger charge is 2.40. The molecule has 1 N–H and O–H groups in total. The van der Waals surface area contributed by atoms with Crippen molar-refractivity contribution in [2.45, 2.75) is 70.4 Å². The molecule has 1 aromatic carbocycles. The third-order valence-electron chi connectivity index (χ3n) is 4.88. The van der Waals surface area contributed by atoms with Crippen LogP contribution in [0.1, 0.15) is 76.0 Å². The SMILES string of the molecule is CCOC1(C(NC)c2ccc(C(C)C)cc2)CCCCC1. The zero-order valence-corrected chi connectivity index (χ0v) is 14.1. The zero-order chi connectivity index (χ0) is 15.3. The summed E-state index contributed by atoms with van der Waals surface area (Å²) in [5.41, 5.74) is 2.74. The number of likely N-dealkylation sites (N-methyl/N-ethyl adjacent to an activating group) is 1. The van der Waals surface area contributed by atoms with E-state index in [9.17, 15) is 0 Å². The van der Waals surface area contributed by atoms with E-state index in [1.807, 2.05) is 0 Å². The van der Waals surface area contributed by atoms with E-state index in [2.05, 4.69) is 57.4 Å². The van der Waals surface area contributed by atoms with Crippen LogP contribution in [0.15, 0.2) is 24.3 Å². The van der Waals surface area contributed by atoms with Crippen molar-refractivity contribution in [1.29, 1.82) is 0 Å². The highest BCUT2D eigenvalue weighted by Crippen LogP contribution is 2.41. The second-order valence-corrected chi connectivity index (χ2v) is 6.60. The Morgan fingerprint density at radius 3 is 2.10 bits per heavy atom. The van der Waals surface area contributed by atoms with Gasteiger partial charge in [-0.15, -0.1) is 0 Å². The van der Waals surface area contributed by atoms with Gasteiger partial charge in [0.1, 0.15) is 0 Å². The smallest absolute Gasteiger partial charge is 0.0876 e. The maximum absolute atomic E-state index is 6.29. The minimum atomic E-state index is -0.0267. The Bertz CT molecular complexity index is 412. The highest BCUT2D eigenvalue weighted by molar-refractivity contribution is 5.29. The van der Waals surface area contributed by atoms with Gasteiger partial charge < -0.3 is 10.1 Å². The Kier molecular flexibility index (Phi) is 5.83. The molecule has 21 heavy (non-hydrogen) atoms. The van der Waals surface area contributed by atoms with Gasteiger partial charge in [-0.3, -0.25) is 0 Å². The Labute approximate surface area is 130 Å². The molecule has 0 heterocycles. The van der Waals surface area contributed by atoms with E-state index < -0.39 is 0 Å². The number of hydrogen-bond acceptors (Lipinski definition) is 2. The van der Waals surface area contributed by atoms with Crippen molar-refractivity contribution in [3.05, 3.63) is 35.4 Å². The predicted molar refractivity (Wildman–Crippen MR) is 89.8 cm³/mol. The first-order chi connectivity index (χ1) is 10.1. The molecular formula is C19H31NO. The second-order valence-electron chi connectivity index (χ2n) is 6.60. The van der Waals surface area contributed by atoms with Gasteiger partial charge in [0.05, 0.1) is 11.6 Å². The van der Waals surface area contributed by atoms with Crippen LogP contribution in [0.3, 0.4) is 0 Å². The summed E-state index contributed by atoms with van der Waals surface area (Å²) in [6, 6.07) is 9.40. The lowest BCUT2D eigenvalue weighted by molar-refractivity contribution is -0.0898. The van der Waals surface area contributed by atoms with Gasteiger partial charge >= 0.3 is 0 Å². The van der Waals surface area contributed by atoms with E-state index in [1.54, 1.807) is 0 Å². The topological polar surface area (TPSA) is 21.3 Å². The quantitative estimate of drug-likeness (QED) is 0.811. The van der Waals surface area contributed by atoms with Crippen LogP contribution < -0.4 is 5.32 Å². The van der Waals surface area contributed by atoms with Gasteiger partial charge in [0.2, 0.25) is 0 Å². The monoisotopic (exact) mass is 289 g/mol. The van der Waals surface area contributed by atoms with E-state index in [4.69, 9.17) is 4.74 Å². The summed E-state index contributed by atoms with van der Waals surface area (Å²) < 4.78 is 6.29. The number of hydrogen-bond donors (Lipinski definition) is 1. The first-order valence-electron chi connectivity index (χ1n) is 8.54. The molecule has 0 saturated heterocycles. The maximum atomic E-state index is 6.29. The van der Waals surface area contributed by atoms with Gasteiger partial charge in [-0.1, -0.05) is 57.4 Å². The van der Waals surface area contributed by atoms with Crippen LogP contribution in [0.4, 0.5) is 0 Å². The van der Waals surface area contributed by atoms with Crippen LogP contribution in [0.2, 0.25) is 0 Å². The van der Waals surface area contributed by atoms with Crippen molar-refractivity contribution in [2.24, 2.45) is 0 Å². The van der Waals surface area contributed by atoms with Crippen LogP contribution in [-0.2, 0) is 4.74 Å². The van der Waals surface area contributed by atoms with Crippen molar-refractivity contribution < 1.29 is 4.74 Å². The van der Waals surface area contributed by atoms with E-state index in [-0.39, 0.29) is 5.60 Å². The Morgan fingerprint density at radius 1 is 1.05 bits per heavy atom. The van der Waals surface area contributed by atoms with Crippen LogP contribution in [-0.4, -0.2) is 19.3 Å². The van der Waals surface area contributed by atoms with E-state index in [0.29, 0.717) is 12.0 Å². The lowest BCUT2D eigenvalue weighted by Crippen LogP contribution is -2.46. The molecule has 0 spiro atoms. The molecule has 0 radical (unpaired) electrons. The van der Waals surface area contributed by atoms with Gasteiger partial charge in [-0.25, -0.2) is 0 Å². The van der Waals surface area contributed by atoms with Crippen LogP contribution in [0, 0.1) is 0 Å². The molecule has 0 aliphatic heterocycles. The first kappa shape index (κ1) is 16.5. The van der Waals surface area contributed by atoms with Crippen molar-refractivity contribution in [2.75, 3.05) is 13.7 Å². The summed E-state index contributed by atoms with van der Waals surface area (Å²) in [4.78, 5) is 0. The molecule has 2 rings (SSSR count). The minimum Gasteiger partial charge on any atom is -0.373 e. The summed E-state index contributed by atoms with van der Waals surface area (Å²) in [5.74, 6) is 0.586. The average molecular weight is 289 g/mol. The molecule has 2 heteroatoms. The molecule has 1 saturated carbocycles. The van der Waals surface area contributed by atoms with Gasteiger partial charge in [0, 0.05) is 6.61 Å². The number of rotatable bonds is 6. The molecule has 0 bridgehead atoms. The van der Waals surface area contributed by atoms with Gasteiger partial charge in [0.15, 0.2) is 0 Å². The Hall–Kier alpha value is -0.860. The third kappa shape index (κ3) is 3.67. The van der Waals surface area contributed by atoms with Crippen LogP contribution in [0.5, 0.6) is 0 Å². The van der Waals surface area contributed by atoms with E-state index in [1.165, 1.54) is 30.4 Å². The van der Waals surface area contributed by atoms with Gasteiger partial charge in [-0.2, -0.15) is 0 Å². The molecular weight excluding hydrogens is 258 g/mol. The zero-order valence-electron chi connectivity index (χ0n) is 14.1. The summed E-state index contributed by atoms with van der Waals surface area (Å²) in [6.45, 7) is 7.40. The maximum Gasteiger partial charge on any atom is 0.0876 e. The minimum absolute atomic E-state index is 0.0267. The van der Waals surface area contributed by atoms with E-state index in [0.717, 1.165) is 19.4 Å². The van der Waals surface area contributed by atoms with Gasteiger partial charge in [-0.05, 0) is 43.9 Å². The summed E-state index contributed by atoms with van der Waals surface area (Å²) in [7, 11) is 2.07. The summed E-state index contributed by atoms with van der Waals surface area (Å²) in [5, 5.41) is 3.54. The average Bonchev–Trinajstić information content (AvgIpc) is 2.49. The molecule has 0 aromatic heterocycles. The standard InChI is InChI=1S/C19H31NO/c1-5-21-19(13-7-6-8-14-19)18(20-4)17-11-9-16(10-12-17)15(2)3/h9-12,15,18,20H,5-8,13-14H2,1-4H3. The number of benzene rings is 1. The van der Waals surface area contributed by atoms with Crippen molar-refractivity contribution in [1.82, 2.24) is 5.32 Å². The van der Waals surface area contributed by atoms with Crippen molar-refractivity contribution >= 4 is 0 Å². The van der Waals surface area contributed by atoms with Gasteiger partial charge in [0.25, 0.3) is 0 Å². The molecule has 118 valence electrons. The largest absolute Gasteiger partial charge is 0.373 e. The fourth-order valence-electron chi connectivity index (χ4n) is 3.76. The molecule has 1 aromatic rings. The molecule has 1 fully saturated rings. The van der Waals surface area contributed by atoms with Crippen LogP contribution in [0.25, 0.3) is 0 Å². The van der Waals surface area contributed by atoms with Crippen LogP contribution >= 0.6 is 0 Å². The highest BCUT2D eigenvalue weighted by atomic mass is 16.5. The summed E-state index contributed by atoms with van der Waals surface area (Å²) >= 11 is 0. The first-order valence-corrected chi connectivity index (χ1v) is 8.54. The Balaban J connectivity index is 2.27. The molecule has 0 amide bonds. The predicted octanol–water partition coefficient (Wildman–Crippen LogP) is 4.81. The fourth-order valence-corrected chi connectivity index (χ4v) is 3.76. The Morgan fingerprint density at radius 2 is 1.62 bits per heavy atom. The lowest BCUT2D eigenvalue weighted by Gasteiger charge is -2.43. The molecule has 1 unspecified atom stereocenters. The number of ether oxygens (including phenoxy) is 1. The molecule has 1 aliphatic rings.